The molecule has 7 heteroatoms. The number of amides is 3. The Morgan fingerprint density at radius 3 is 1.88 bits per heavy atom. The fraction of sp³-hybridized carbons (Fsp3) is 0.366. The number of thioether (sulfide) groups is 1. The lowest BCUT2D eigenvalue weighted by Gasteiger charge is -2.12. The van der Waals surface area contributed by atoms with Crippen LogP contribution in [0.3, 0.4) is 0 Å². The van der Waals surface area contributed by atoms with Crippen molar-refractivity contribution in [2.24, 2.45) is 0 Å². The van der Waals surface area contributed by atoms with Crippen molar-refractivity contribution < 1.29 is 19.1 Å². The Labute approximate surface area is 291 Å². The van der Waals surface area contributed by atoms with Gasteiger partial charge in [0.2, 0.25) is 5.91 Å². The molecule has 2 heterocycles. The summed E-state index contributed by atoms with van der Waals surface area (Å²) < 4.78 is 5.86. The molecule has 3 rings (SSSR count). The zero-order valence-corrected chi connectivity index (χ0v) is 29.3. The maximum atomic E-state index is 12.9. The third-order valence-corrected chi connectivity index (χ3v) is 8.59. The fourth-order valence-corrected chi connectivity index (χ4v) is 5.81. The smallest absolute Gasteiger partial charge is 0.295 e. The molecule has 1 saturated heterocycles. The average molecular weight is 667 g/mol. The van der Waals surface area contributed by atoms with Gasteiger partial charge < -0.3 is 4.74 Å². The van der Waals surface area contributed by atoms with Crippen molar-refractivity contribution in [2.75, 3.05) is 6.61 Å². The molecule has 0 aliphatic carbocycles. The van der Waals surface area contributed by atoms with Gasteiger partial charge >= 0.3 is 0 Å². The van der Waals surface area contributed by atoms with E-state index in [2.05, 4.69) is 85.7 Å². The molecule has 48 heavy (non-hydrogen) atoms. The van der Waals surface area contributed by atoms with Crippen LogP contribution in [0.1, 0.15) is 82.0 Å². The molecule has 1 fully saturated rings. The monoisotopic (exact) mass is 666 g/mol. The highest BCUT2D eigenvalue weighted by Crippen LogP contribution is 2.30. The Hall–Kier alpha value is -4.23. The van der Waals surface area contributed by atoms with E-state index in [1.165, 1.54) is 5.56 Å². The number of nitrogens with zero attached hydrogens (tertiary/aromatic N) is 2. The maximum absolute atomic E-state index is 12.9. The van der Waals surface area contributed by atoms with Gasteiger partial charge in [-0.3, -0.25) is 19.4 Å². The minimum absolute atomic E-state index is 0.122. The lowest BCUT2D eigenvalue weighted by Crippen LogP contribution is -2.37. The number of hydrogen-bond donors (Lipinski definition) is 0. The summed E-state index contributed by atoms with van der Waals surface area (Å²) in [6.45, 7) is 4.76. The van der Waals surface area contributed by atoms with Crippen LogP contribution in [0.25, 0.3) is 0 Å². The van der Waals surface area contributed by atoms with Crippen molar-refractivity contribution in [3.05, 3.63) is 132 Å². The predicted octanol–water partition coefficient (Wildman–Crippen LogP) is 9.88. The molecule has 0 radical (unpaired) electrons. The van der Waals surface area contributed by atoms with Crippen LogP contribution in [-0.4, -0.2) is 38.8 Å². The Balaban J connectivity index is 1.27. The quantitative estimate of drug-likeness (QED) is 0.124. The van der Waals surface area contributed by atoms with Crippen molar-refractivity contribution in [2.45, 2.75) is 89.7 Å². The summed E-state index contributed by atoms with van der Waals surface area (Å²) in [6.07, 6.45) is 35.8. The van der Waals surface area contributed by atoms with Gasteiger partial charge in [-0.05, 0) is 87.1 Å². The molecule has 0 N–H and O–H groups in total. The molecule has 3 amide bonds. The second-order valence-electron chi connectivity index (χ2n) is 11.4. The van der Waals surface area contributed by atoms with Crippen molar-refractivity contribution in [3.63, 3.8) is 0 Å². The highest BCUT2D eigenvalue weighted by molar-refractivity contribution is 8.15. The zero-order chi connectivity index (χ0) is 34.2. The Morgan fingerprint density at radius 2 is 1.33 bits per heavy atom. The first-order chi connectivity index (χ1) is 23.5. The number of imide groups is 3. The zero-order valence-electron chi connectivity index (χ0n) is 28.5. The third kappa shape index (κ3) is 14.7. The summed E-state index contributed by atoms with van der Waals surface area (Å²) >= 11 is 0.927. The molecule has 1 unspecified atom stereocenters. The van der Waals surface area contributed by atoms with Crippen LogP contribution in [0.15, 0.2) is 116 Å². The molecule has 0 bridgehead atoms. The number of aromatic nitrogens is 1. The average Bonchev–Trinajstić information content (AvgIpc) is 3.38. The second kappa shape index (κ2) is 23.2. The van der Waals surface area contributed by atoms with Crippen LogP contribution < -0.4 is 4.74 Å². The van der Waals surface area contributed by atoms with Gasteiger partial charge in [-0.2, -0.15) is 0 Å². The summed E-state index contributed by atoms with van der Waals surface area (Å²) in [6, 6.07) is 11.6. The summed E-state index contributed by atoms with van der Waals surface area (Å²) in [5, 5.41) is -1.09. The topological polar surface area (TPSA) is 76.6 Å². The van der Waals surface area contributed by atoms with Crippen LogP contribution in [0.2, 0.25) is 0 Å². The van der Waals surface area contributed by atoms with E-state index >= 15 is 0 Å². The van der Waals surface area contributed by atoms with E-state index in [9.17, 15) is 14.4 Å². The Bertz CT molecular complexity index is 1450. The lowest BCUT2D eigenvalue weighted by atomic mass is 10.1. The number of benzene rings is 1. The molecule has 1 aliphatic rings. The molecule has 0 saturated carbocycles. The highest BCUT2D eigenvalue weighted by Gasteiger charge is 2.42. The number of pyridine rings is 1. The molecule has 1 aromatic heterocycles. The summed E-state index contributed by atoms with van der Waals surface area (Å²) in [5.41, 5.74) is 3.11. The van der Waals surface area contributed by atoms with E-state index in [1.807, 2.05) is 48.7 Å². The molecule has 254 valence electrons. The fourth-order valence-electron chi connectivity index (χ4n) is 4.79. The molecule has 1 aromatic carbocycles. The summed E-state index contributed by atoms with van der Waals surface area (Å²) in [4.78, 5) is 43.5. The number of carbonyl (C=O) groups excluding carboxylic acids is 3. The third-order valence-electron chi connectivity index (χ3n) is 7.56. The van der Waals surface area contributed by atoms with Crippen molar-refractivity contribution in [1.82, 2.24) is 9.88 Å². The van der Waals surface area contributed by atoms with Gasteiger partial charge in [-0.15, -0.1) is 0 Å². The molecule has 0 spiro atoms. The Kier molecular flexibility index (Phi) is 18.4. The number of allylic oxidation sites excluding steroid dienone is 12. The van der Waals surface area contributed by atoms with Crippen LogP contribution in [0.5, 0.6) is 5.75 Å². The summed E-state index contributed by atoms with van der Waals surface area (Å²) in [5.74, 6) is -0.140. The Morgan fingerprint density at radius 1 is 0.771 bits per heavy atom. The summed E-state index contributed by atoms with van der Waals surface area (Å²) in [7, 11) is 0. The van der Waals surface area contributed by atoms with E-state index < -0.39 is 22.3 Å². The van der Waals surface area contributed by atoms with Gasteiger partial charge in [0.15, 0.2) is 0 Å². The lowest BCUT2D eigenvalue weighted by molar-refractivity contribution is -0.139. The van der Waals surface area contributed by atoms with Crippen LogP contribution in [0.4, 0.5) is 4.79 Å². The van der Waals surface area contributed by atoms with Gasteiger partial charge in [-0.1, -0.05) is 117 Å². The van der Waals surface area contributed by atoms with Crippen molar-refractivity contribution >= 4 is 28.8 Å². The van der Waals surface area contributed by atoms with E-state index in [-0.39, 0.29) is 6.42 Å². The molecular weight excluding hydrogens is 617 g/mol. The number of carbonyl (C=O) groups is 3. The SMILES string of the molecule is CC/C=C\C/C=C\C/C=C\C/C=C\C/C=C\C/C=C\CCC(=O)N1C(=O)SC(Cc2ccc(OCCc3ccc(CC)cn3)cc2)C1=O. The molecular formula is C41H50N2O4S. The van der Waals surface area contributed by atoms with Crippen molar-refractivity contribution in [3.8, 4) is 5.75 Å². The van der Waals surface area contributed by atoms with Gasteiger partial charge in [0.05, 0.1) is 11.9 Å². The van der Waals surface area contributed by atoms with Gasteiger partial charge in [0, 0.05) is 24.7 Å². The predicted molar refractivity (Wildman–Crippen MR) is 199 cm³/mol. The molecule has 1 aliphatic heterocycles. The second-order valence-corrected chi connectivity index (χ2v) is 12.5. The van der Waals surface area contributed by atoms with Gasteiger partial charge in [0.25, 0.3) is 11.1 Å². The number of rotatable bonds is 21. The maximum Gasteiger partial charge on any atom is 0.295 e. The minimum atomic E-state index is -0.601. The first-order valence-corrected chi connectivity index (χ1v) is 18.0. The van der Waals surface area contributed by atoms with Crippen LogP contribution >= 0.6 is 11.8 Å². The van der Waals surface area contributed by atoms with E-state index in [1.54, 1.807) is 0 Å². The van der Waals surface area contributed by atoms with E-state index in [0.29, 0.717) is 25.9 Å². The van der Waals surface area contributed by atoms with Crippen LogP contribution in [0, 0.1) is 0 Å². The molecule has 2 aromatic rings. The van der Waals surface area contributed by atoms with E-state index in [4.69, 9.17) is 4.74 Å². The highest BCUT2D eigenvalue weighted by atomic mass is 32.2. The van der Waals surface area contributed by atoms with Gasteiger partial charge in [0.1, 0.15) is 5.75 Å². The standard InChI is InChI=1S/C41H50N2O4S/c1-3-5-6-7-8-9-10-11-12-13-14-15-16-17-18-19-20-21-22-23-39(44)43-40(45)38(48-41(43)46)32-35-25-28-37(29-26-35)47-31-30-36-27-24-34(4-2)33-42-36/h5-6,8-9,11-12,14-15,17-18,20-21,24-29,33,38H,3-4,7,10,13,16,19,22-23,30-32H2,1-2H3/b6-5-,9-8-,12-11-,15-14-,18-17-,21-20-. The first kappa shape index (κ1) is 38.2. The largest absolute Gasteiger partial charge is 0.493 e. The van der Waals surface area contributed by atoms with E-state index in [0.717, 1.165) is 78.6 Å². The van der Waals surface area contributed by atoms with Crippen LogP contribution in [-0.2, 0) is 28.9 Å². The number of hydrogen-bond acceptors (Lipinski definition) is 6. The molecule has 6 nitrogen and oxygen atoms in total. The normalized spacial score (nSPS) is 15.6. The number of aryl methyl sites for hydroxylation is 1. The number of ether oxygens (including phenoxy) is 1. The van der Waals surface area contributed by atoms with Crippen molar-refractivity contribution in [1.29, 1.82) is 0 Å². The minimum Gasteiger partial charge on any atom is -0.493 e. The molecule has 1 atom stereocenters. The first-order valence-electron chi connectivity index (χ1n) is 17.1. The van der Waals surface area contributed by atoms with Gasteiger partial charge in [-0.25, -0.2) is 4.90 Å².